The molecule has 0 aromatic carbocycles. The first-order valence-electron chi connectivity index (χ1n) is 2.64. The fraction of sp³-hybridized carbons (Fsp3) is 0.500. The van der Waals surface area contributed by atoms with Gasteiger partial charge in [0.1, 0.15) is 0 Å². The Balaban J connectivity index is 3.57. The molecule has 0 radical (unpaired) electrons. The number of hydrogen-bond acceptors (Lipinski definition) is 2. The first-order chi connectivity index (χ1) is 3.81. The van der Waals surface area contributed by atoms with Crippen LogP contribution in [0.25, 0.3) is 0 Å². The highest BCUT2D eigenvalue weighted by Gasteiger charge is 1.76. The summed E-state index contributed by atoms with van der Waals surface area (Å²) < 4.78 is 0. The maximum absolute atomic E-state index is 5.27. The fourth-order valence-electron chi connectivity index (χ4n) is 0.254. The summed E-state index contributed by atoms with van der Waals surface area (Å²) in [5.41, 5.74) is 6.37. The van der Waals surface area contributed by atoms with E-state index in [1.165, 1.54) is 0 Å². The van der Waals surface area contributed by atoms with Crippen molar-refractivity contribution in [3.63, 3.8) is 0 Å². The molecule has 0 amide bonds. The third-order valence-electron chi connectivity index (χ3n) is 0.766. The molecule has 0 rings (SSSR count). The van der Waals surface area contributed by atoms with Crippen LogP contribution in [0.3, 0.4) is 0 Å². The minimum Gasteiger partial charge on any atom is -0.327 e. The predicted octanol–water partition coefficient (Wildman–Crippen LogP) is 0.940. The van der Waals surface area contributed by atoms with E-state index >= 15 is 0 Å². The monoisotopic (exact) mass is 112 g/mol. The van der Waals surface area contributed by atoms with Gasteiger partial charge in [-0.2, -0.15) is 0 Å². The molecule has 0 saturated heterocycles. The molecule has 0 unspecified atom stereocenters. The molecule has 0 aromatic rings. The molecule has 0 spiro atoms. The van der Waals surface area contributed by atoms with Crippen LogP contribution in [0, 0.1) is 0 Å². The average Bonchev–Trinajstić information content (AvgIpc) is 1.83. The second-order valence-corrected chi connectivity index (χ2v) is 1.59. The Morgan fingerprint density at radius 3 is 2.75 bits per heavy atom. The topological polar surface area (TPSA) is 38.4 Å². The van der Waals surface area contributed by atoms with Gasteiger partial charge in [0.25, 0.3) is 0 Å². The summed E-state index contributed by atoms with van der Waals surface area (Å²) in [4.78, 5) is 3.88. The standard InChI is InChI=1S/C6H12N2/c1-3-8-5-6(2)4-7/h3,5H,4,7H2,1-2H3/b6-5+,8-3?. The largest absolute Gasteiger partial charge is 0.327 e. The highest BCUT2D eigenvalue weighted by Crippen LogP contribution is 1.85. The maximum atomic E-state index is 5.27. The Bertz CT molecular complexity index is 103. The molecular formula is C6H12N2. The molecule has 46 valence electrons. The molecule has 0 aliphatic rings. The lowest BCUT2D eigenvalue weighted by atomic mass is 10.3. The summed E-state index contributed by atoms with van der Waals surface area (Å²) in [6, 6.07) is 0. The van der Waals surface area contributed by atoms with Crippen molar-refractivity contribution < 1.29 is 0 Å². The van der Waals surface area contributed by atoms with Gasteiger partial charge < -0.3 is 5.73 Å². The zero-order valence-electron chi connectivity index (χ0n) is 5.39. The van der Waals surface area contributed by atoms with E-state index in [1.807, 2.05) is 13.8 Å². The second-order valence-electron chi connectivity index (χ2n) is 1.59. The molecule has 0 saturated carbocycles. The van der Waals surface area contributed by atoms with Crippen LogP contribution in [0.4, 0.5) is 0 Å². The summed E-state index contributed by atoms with van der Waals surface area (Å²) in [6.07, 6.45) is 3.50. The van der Waals surface area contributed by atoms with Gasteiger partial charge in [-0.3, -0.25) is 4.99 Å². The molecule has 0 heterocycles. The van der Waals surface area contributed by atoms with E-state index < -0.39 is 0 Å². The SMILES string of the molecule is CC=N/C=C(\C)CN. The zero-order valence-corrected chi connectivity index (χ0v) is 5.39. The van der Waals surface area contributed by atoms with Crippen LogP contribution >= 0.6 is 0 Å². The Hall–Kier alpha value is -0.630. The van der Waals surface area contributed by atoms with Crippen molar-refractivity contribution in [2.24, 2.45) is 10.7 Å². The van der Waals surface area contributed by atoms with Crippen LogP contribution in [0.1, 0.15) is 13.8 Å². The summed E-state index contributed by atoms with van der Waals surface area (Å²) >= 11 is 0. The fourth-order valence-corrected chi connectivity index (χ4v) is 0.254. The summed E-state index contributed by atoms with van der Waals surface area (Å²) in [5, 5.41) is 0. The van der Waals surface area contributed by atoms with Gasteiger partial charge in [-0.05, 0) is 19.4 Å². The quantitative estimate of drug-likeness (QED) is 0.530. The molecule has 8 heavy (non-hydrogen) atoms. The Labute approximate surface area is 50.1 Å². The lowest BCUT2D eigenvalue weighted by Gasteiger charge is -1.87. The van der Waals surface area contributed by atoms with Crippen molar-refractivity contribution in [1.82, 2.24) is 0 Å². The van der Waals surface area contributed by atoms with Gasteiger partial charge in [-0.1, -0.05) is 0 Å². The van der Waals surface area contributed by atoms with E-state index in [1.54, 1.807) is 12.4 Å². The predicted molar refractivity (Wildman–Crippen MR) is 37.0 cm³/mol. The van der Waals surface area contributed by atoms with Gasteiger partial charge in [-0.25, -0.2) is 0 Å². The summed E-state index contributed by atoms with van der Waals surface area (Å²) in [7, 11) is 0. The number of aliphatic imine (C=N–C) groups is 1. The lowest BCUT2D eigenvalue weighted by Crippen LogP contribution is -1.98. The molecule has 0 aliphatic heterocycles. The van der Waals surface area contributed by atoms with E-state index in [0.29, 0.717) is 6.54 Å². The number of nitrogens with zero attached hydrogens (tertiary/aromatic N) is 1. The van der Waals surface area contributed by atoms with Gasteiger partial charge in [0.05, 0.1) is 0 Å². The maximum Gasteiger partial charge on any atom is 0.0265 e. The van der Waals surface area contributed by atoms with Crippen molar-refractivity contribution >= 4 is 6.21 Å². The highest BCUT2D eigenvalue weighted by atomic mass is 14.7. The van der Waals surface area contributed by atoms with Gasteiger partial charge in [0.15, 0.2) is 0 Å². The lowest BCUT2D eigenvalue weighted by molar-refractivity contribution is 1.12. The summed E-state index contributed by atoms with van der Waals surface area (Å²) in [5.74, 6) is 0. The minimum absolute atomic E-state index is 0.595. The normalized spacial score (nSPS) is 13.1. The second kappa shape index (κ2) is 4.53. The van der Waals surface area contributed by atoms with E-state index in [0.717, 1.165) is 5.57 Å². The van der Waals surface area contributed by atoms with Crippen LogP contribution in [0.2, 0.25) is 0 Å². The number of hydrogen-bond donors (Lipinski definition) is 1. The van der Waals surface area contributed by atoms with Crippen molar-refractivity contribution in [2.75, 3.05) is 6.54 Å². The first-order valence-corrected chi connectivity index (χ1v) is 2.64. The first kappa shape index (κ1) is 7.37. The van der Waals surface area contributed by atoms with Crippen molar-refractivity contribution in [1.29, 1.82) is 0 Å². The third-order valence-corrected chi connectivity index (χ3v) is 0.766. The van der Waals surface area contributed by atoms with Crippen LogP contribution in [-0.2, 0) is 0 Å². The van der Waals surface area contributed by atoms with Crippen molar-refractivity contribution in [2.45, 2.75) is 13.8 Å². The molecule has 0 aliphatic carbocycles. The zero-order chi connectivity index (χ0) is 6.41. The molecular weight excluding hydrogens is 100 g/mol. The molecule has 0 bridgehead atoms. The minimum atomic E-state index is 0.595. The molecule has 2 nitrogen and oxygen atoms in total. The van der Waals surface area contributed by atoms with Gasteiger partial charge in [0.2, 0.25) is 0 Å². The van der Waals surface area contributed by atoms with Gasteiger partial charge in [-0.15, -0.1) is 0 Å². The number of rotatable bonds is 2. The van der Waals surface area contributed by atoms with Crippen molar-refractivity contribution in [3.05, 3.63) is 11.8 Å². The molecule has 0 atom stereocenters. The van der Waals surface area contributed by atoms with Gasteiger partial charge >= 0.3 is 0 Å². The summed E-state index contributed by atoms with van der Waals surface area (Å²) in [6.45, 7) is 4.42. The molecule has 0 fully saturated rings. The van der Waals surface area contributed by atoms with Crippen LogP contribution < -0.4 is 5.73 Å². The molecule has 2 N–H and O–H groups in total. The van der Waals surface area contributed by atoms with Crippen LogP contribution in [-0.4, -0.2) is 12.8 Å². The molecule has 2 heteroatoms. The average molecular weight is 112 g/mol. The molecule has 0 aromatic heterocycles. The van der Waals surface area contributed by atoms with Crippen LogP contribution in [0.5, 0.6) is 0 Å². The Kier molecular flexibility index (Phi) is 4.17. The third kappa shape index (κ3) is 3.56. The smallest absolute Gasteiger partial charge is 0.0265 e. The van der Waals surface area contributed by atoms with E-state index in [-0.39, 0.29) is 0 Å². The van der Waals surface area contributed by atoms with E-state index in [2.05, 4.69) is 4.99 Å². The van der Waals surface area contributed by atoms with Crippen LogP contribution in [0.15, 0.2) is 16.8 Å². The Morgan fingerprint density at radius 1 is 1.75 bits per heavy atom. The van der Waals surface area contributed by atoms with E-state index in [4.69, 9.17) is 5.73 Å². The number of nitrogens with two attached hydrogens (primary N) is 1. The van der Waals surface area contributed by atoms with E-state index in [9.17, 15) is 0 Å². The van der Waals surface area contributed by atoms with Gasteiger partial charge in [0, 0.05) is 19.0 Å². The Morgan fingerprint density at radius 2 is 2.38 bits per heavy atom. The van der Waals surface area contributed by atoms with Crippen molar-refractivity contribution in [3.8, 4) is 0 Å². The highest BCUT2D eigenvalue weighted by molar-refractivity contribution is 5.54.